The molecule has 0 spiro atoms. The molecule has 1 saturated heterocycles. The fourth-order valence-electron chi connectivity index (χ4n) is 3.47. The van der Waals surface area contributed by atoms with Gasteiger partial charge in [0.1, 0.15) is 5.82 Å². The Morgan fingerprint density at radius 1 is 1.17 bits per heavy atom. The summed E-state index contributed by atoms with van der Waals surface area (Å²) in [7, 11) is 0. The van der Waals surface area contributed by atoms with Crippen LogP contribution in [0.1, 0.15) is 31.7 Å². The molecule has 1 aliphatic heterocycles. The van der Waals surface area contributed by atoms with Gasteiger partial charge in [-0.25, -0.2) is 4.98 Å². The highest BCUT2D eigenvalue weighted by Gasteiger charge is 2.20. The number of aliphatic imine (C=N–C) groups is 1. The van der Waals surface area contributed by atoms with Crippen molar-refractivity contribution in [2.75, 3.05) is 31.1 Å². The zero-order valence-electron chi connectivity index (χ0n) is 17.0. The number of piperidine rings is 1. The molecule has 29 heavy (non-hydrogen) atoms. The van der Waals surface area contributed by atoms with E-state index in [-0.39, 0.29) is 24.0 Å². The lowest BCUT2D eigenvalue weighted by atomic mass is 10.1. The minimum Gasteiger partial charge on any atom is -0.357 e. The number of benzene rings is 1. The van der Waals surface area contributed by atoms with Crippen molar-refractivity contribution in [3.05, 3.63) is 59.2 Å². The van der Waals surface area contributed by atoms with Gasteiger partial charge < -0.3 is 15.5 Å². The van der Waals surface area contributed by atoms with Crippen LogP contribution in [0, 0.1) is 0 Å². The molecule has 2 heterocycles. The van der Waals surface area contributed by atoms with Crippen molar-refractivity contribution in [2.24, 2.45) is 4.99 Å². The first-order valence-electron chi connectivity index (χ1n) is 10.2. The molecule has 1 aromatic heterocycles. The number of anilines is 1. The molecule has 0 radical (unpaired) electrons. The molecule has 3 rings (SSSR count). The first-order chi connectivity index (χ1) is 13.8. The summed E-state index contributed by atoms with van der Waals surface area (Å²) in [6.45, 7) is 5.78. The summed E-state index contributed by atoms with van der Waals surface area (Å²) in [5.41, 5.74) is 1.19. The molecule has 1 fully saturated rings. The Labute approximate surface area is 196 Å². The molecule has 1 aliphatic rings. The van der Waals surface area contributed by atoms with Crippen LogP contribution < -0.4 is 15.5 Å². The molecule has 5 nitrogen and oxygen atoms in total. The number of aryl methyl sites for hydroxylation is 1. The Bertz CT molecular complexity index is 748. The van der Waals surface area contributed by atoms with Gasteiger partial charge in [-0.15, -0.1) is 24.0 Å². The average molecular weight is 528 g/mol. The van der Waals surface area contributed by atoms with Crippen molar-refractivity contribution in [3.63, 3.8) is 0 Å². The highest BCUT2D eigenvalue weighted by atomic mass is 127. The van der Waals surface area contributed by atoms with Crippen LogP contribution in [-0.2, 0) is 6.42 Å². The molecule has 0 amide bonds. The van der Waals surface area contributed by atoms with Crippen LogP contribution in [0.5, 0.6) is 0 Å². The van der Waals surface area contributed by atoms with E-state index in [2.05, 4.69) is 39.6 Å². The second-order valence-electron chi connectivity index (χ2n) is 7.05. The molecule has 0 unspecified atom stereocenters. The van der Waals surface area contributed by atoms with Crippen LogP contribution >= 0.6 is 35.6 Å². The van der Waals surface area contributed by atoms with Crippen LogP contribution in [0.15, 0.2) is 53.7 Å². The highest BCUT2D eigenvalue weighted by Crippen LogP contribution is 2.18. The topological polar surface area (TPSA) is 52.6 Å². The number of nitrogens with one attached hydrogen (secondary N) is 2. The van der Waals surface area contributed by atoms with Gasteiger partial charge in [-0.3, -0.25) is 4.99 Å². The molecule has 0 bridgehead atoms. The maximum Gasteiger partial charge on any atom is 0.191 e. The molecule has 2 N–H and O–H groups in total. The quantitative estimate of drug-likeness (QED) is 0.241. The Hall–Kier alpha value is -1.54. The molecule has 7 heteroatoms. The van der Waals surface area contributed by atoms with E-state index in [1.807, 2.05) is 36.5 Å². The number of pyridine rings is 1. The third kappa shape index (κ3) is 7.66. The third-order valence-corrected chi connectivity index (χ3v) is 5.35. The van der Waals surface area contributed by atoms with Crippen LogP contribution in [0.4, 0.5) is 5.82 Å². The smallest absolute Gasteiger partial charge is 0.191 e. The van der Waals surface area contributed by atoms with Crippen molar-refractivity contribution < 1.29 is 0 Å². The van der Waals surface area contributed by atoms with E-state index in [1.165, 1.54) is 5.56 Å². The number of nitrogens with zero attached hydrogens (tertiary/aromatic N) is 3. The number of halogens is 2. The number of guanidine groups is 1. The summed E-state index contributed by atoms with van der Waals surface area (Å²) in [5.74, 6) is 1.99. The van der Waals surface area contributed by atoms with Crippen LogP contribution in [0.25, 0.3) is 0 Å². The van der Waals surface area contributed by atoms with Gasteiger partial charge in [0, 0.05) is 43.4 Å². The van der Waals surface area contributed by atoms with Gasteiger partial charge in [-0.05, 0) is 56.4 Å². The number of hydrogen-bond acceptors (Lipinski definition) is 3. The minimum absolute atomic E-state index is 0. The summed E-state index contributed by atoms with van der Waals surface area (Å²) >= 11 is 6.23. The van der Waals surface area contributed by atoms with Gasteiger partial charge in [0.05, 0.1) is 0 Å². The molecule has 1 aromatic carbocycles. The lowest BCUT2D eigenvalue weighted by Gasteiger charge is -2.33. The van der Waals surface area contributed by atoms with Crippen molar-refractivity contribution in [1.29, 1.82) is 0 Å². The van der Waals surface area contributed by atoms with Crippen molar-refractivity contribution >= 4 is 47.4 Å². The zero-order valence-corrected chi connectivity index (χ0v) is 20.1. The average Bonchev–Trinajstić information content (AvgIpc) is 2.73. The summed E-state index contributed by atoms with van der Waals surface area (Å²) in [5, 5.41) is 7.82. The second-order valence-corrected chi connectivity index (χ2v) is 7.46. The van der Waals surface area contributed by atoms with Crippen molar-refractivity contribution in [2.45, 2.75) is 38.6 Å². The van der Waals surface area contributed by atoms with E-state index in [1.54, 1.807) is 0 Å². The van der Waals surface area contributed by atoms with Crippen LogP contribution in [-0.4, -0.2) is 43.2 Å². The monoisotopic (exact) mass is 527 g/mol. The standard InChI is InChI=1S/C22H30ClN5.HI/c1-2-24-22(26-15-7-9-18-8-3-4-10-20(18)23)27-19-12-16-28(17-13-19)21-11-5-6-14-25-21;/h3-6,8,10-11,14,19H,2,7,9,12-13,15-17H2,1H3,(H2,24,26,27);1H. The normalized spacial score (nSPS) is 15.0. The molecule has 158 valence electrons. The maximum absolute atomic E-state index is 6.23. The van der Waals surface area contributed by atoms with Crippen LogP contribution in [0.3, 0.4) is 0 Å². The van der Waals surface area contributed by atoms with Gasteiger partial charge in [0.15, 0.2) is 5.96 Å². The van der Waals surface area contributed by atoms with Gasteiger partial charge in [-0.1, -0.05) is 35.9 Å². The largest absolute Gasteiger partial charge is 0.357 e. The number of hydrogen-bond donors (Lipinski definition) is 2. The fourth-order valence-corrected chi connectivity index (χ4v) is 3.70. The summed E-state index contributed by atoms with van der Waals surface area (Å²) in [6.07, 6.45) is 5.96. The SMILES string of the molecule is CCNC(=NCCCc1ccccc1Cl)NC1CCN(c2ccccn2)CC1.I. The van der Waals surface area contributed by atoms with E-state index in [0.29, 0.717) is 6.04 Å². The first-order valence-corrected chi connectivity index (χ1v) is 10.6. The molecule has 0 atom stereocenters. The minimum atomic E-state index is 0. The third-order valence-electron chi connectivity index (χ3n) is 4.99. The second kappa shape index (κ2) is 12.9. The van der Waals surface area contributed by atoms with Gasteiger partial charge in [0.25, 0.3) is 0 Å². The van der Waals surface area contributed by atoms with E-state index in [4.69, 9.17) is 16.6 Å². The molecule has 0 aliphatic carbocycles. The van der Waals surface area contributed by atoms with E-state index >= 15 is 0 Å². The predicted molar refractivity (Wildman–Crippen MR) is 134 cm³/mol. The van der Waals surface area contributed by atoms with E-state index in [9.17, 15) is 0 Å². The predicted octanol–water partition coefficient (Wildman–Crippen LogP) is 4.51. The summed E-state index contributed by atoms with van der Waals surface area (Å²) in [4.78, 5) is 11.6. The lowest BCUT2D eigenvalue weighted by molar-refractivity contribution is 0.459. The van der Waals surface area contributed by atoms with E-state index in [0.717, 1.165) is 68.7 Å². The number of rotatable bonds is 7. The summed E-state index contributed by atoms with van der Waals surface area (Å²) < 4.78 is 0. The Morgan fingerprint density at radius 2 is 1.93 bits per heavy atom. The first kappa shape index (κ1) is 23.7. The lowest BCUT2D eigenvalue weighted by Crippen LogP contribution is -2.49. The zero-order chi connectivity index (χ0) is 19.6. The Kier molecular flexibility index (Phi) is 10.6. The Morgan fingerprint density at radius 3 is 2.62 bits per heavy atom. The molecular weight excluding hydrogens is 497 g/mol. The molecule has 2 aromatic rings. The molecular formula is C22H31ClIN5. The number of aromatic nitrogens is 1. The summed E-state index contributed by atoms with van der Waals surface area (Å²) in [6, 6.07) is 14.6. The van der Waals surface area contributed by atoms with Crippen molar-refractivity contribution in [3.8, 4) is 0 Å². The molecule has 0 saturated carbocycles. The van der Waals surface area contributed by atoms with Gasteiger partial charge in [0.2, 0.25) is 0 Å². The van der Waals surface area contributed by atoms with Gasteiger partial charge in [-0.2, -0.15) is 0 Å². The highest BCUT2D eigenvalue weighted by molar-refractivity contribution is 14.0. The van der Waals surface area contributed by atoms with Crippen LogP contribution in [0.2, 0.25) is 5.02 Å². The Balaban J connectivity index is 0.00000300. The van der Waals surface area contributed by atoms with Gasteiger partial charge >= 0.3 is 0 Å². The van der Waals surface area contributed by atoms with Crippen molar-refractivity contribution in [1.82, 2.24) is 15.6 Å². The van der Waals surface area contributed by atoms with E-state index < -0.39 is 0 Å². The maximum atomic E-state index is 6.23. The fraction of sp³-hybridized carbons (Fsp3) is 0.455.